The Kier molecular flexibility index (Phi) is 3.61. The lowest BCUT2D eigenvalue weighted by atomic mass is 10.1. The summed E-state index contributed by atoms with van der Waals surface area (Å²) in [5, 5.41) is 3.30. The van der Waals surface area contributed by atoms with Crippen molar-refractivity contribution in [2.24, 2.45) is 0 Å². The third-order valence-corrected chi connectivity index (χ3v) is 2.85. The summed E-state index contributed by atoms with van der Waals surface area (Å²) in [4.78, 5) is 17.1. The van der Waals surface area contributed by atoms with Crippen molar-refractivity contribution in [3.05, 3.63) is 24.0 Å². The summed E-state index contributed by atoms with van der Waals surface area (Å²) in [6, 6.07) is 3.95. The number of hydrogen-bond acceptors (Lipinski definition) is 3. The quantitative estimate of drug-likeness (QED) is 0.801. The number of piperazine rings is 1. The maximum absolute atomic E-state index is 12.2. The molecule has 18 heavy (non-hydrogen) atoms. The number of ether oxygens (including phenoxy) is 1. The number of H-pyrrole nitrogens is 1. The SMILES string of the molecule is CC(C)(C)OC(=O)N1CCNCC1c1ccc[nH]1. The molecule has 1 saturated heterocycles. The molecular weight excluding hydrogens is 230 g/mol. The molecule has 1 unspecified atom stereocenters. The van der Waals surface area contributed by atoms with Crippen LogP contribution in [-0.4, -0.2) is 41.2 Å². The predicted molar refractivity (Wildman–Crippen MR) is 69.3 cm³/mol. The maximum atomic E-state index is 12.2. The molecule has 100 valence electrons. The van der Waals surface area contributed by atoms with Crippen LogP contribution in [0, 0.1) is 0 Å². The number of aromatic nitrogens is 1. The first kappa shape index (κ1) is 13.0. The molecule has 0 saturated carbocycles. The van der Waals surface area contributed by atoms with E-state index in [1.807, 2.05) is 39.1 Å². The van der Waals surface area contributed by atoms with Gasteiger partial charge in [0.05, 0.1) is 6.04 Å². The topological polar surface area (TPSA) is 57.4 Å². The zero-order valence-corrected chi connectivity index (χ0v) is 11.2. The number of rotatable bonds is 1. The van der Waals surface area contributed by atoms with E-state index in [0.717, 1.165) is 18.8 Å². The Morgan fingerprint density at radius 2 is 2.28 bits per heavy atom. The van der Waals surface area contributed by atoms with Crippen LogP contribution in [0.2, 0.25) is 0 Å². The molecule has 0 radical (unpaired) electrons. The van der Waals surface area contributed by atoms with E-state index < -0.39 is 5.60 Å². The van der Waals surface area contributed by atoms with Gasteiger partial charge in [-0.1, -0.05) is 0 Å². The average Bonchev–Trinajstić information content (AvgIpc) is 2.80. The van der Waals surface area contributed by atoms with E-state index in [4.69, 9.17) is 4.74 Å². The summed E-state index contributed by atoms with van der Waals surface area (Å²) in [5.41, 5.74) is 0.579. The molecule has 1 aliphatic heterocycles. The molecule has 1 aromatic heterocycles. The molecule has 1 amide bonds. The minimum absolute atomic E-state index is 0.0172. The summed E-state index contributed by atoms with van der Waals surface area (Å²) >= 11 is 0. The Balaban J connectivity index is 2.11. The van der Waals surface area contributed by atoms with Gasteiger partial charge in [0.25, 0.3) is 0 Å². The van der Waals surface area contributed by atoms with E-state index in [9.17, 15) is 4.79 Å². The van der Waals surface area contributed by atoms with E-state index in [2.05, 4.69) is 10.3 Å². The van der Waals surface area contributed by atoms with E-state index in [1.54, 1.807) is 4.90 Å². The second-order valence-electron chi connectivity index (χ2n) is 5.52. The Labute approximate surface area is 108 Å². The van der Waals surface area contributed by atoms with Crippen LogP contribution < -0.4 is 5.32 Å². The molecule has 1 atom stereocenters. The normalized spacial score (nSPS) is 20.8. The molecule has 0 bridgehead atoms. The second-order valence-corrected chi connectivity index (χ2v) is 5.52. The standard InChI is InChI=1S/C13H21N3O2/c1-13(2,3)18-12(17)16-8-7-14-9-11(16)10-5-4-6-15-10/h4-6,11,14-15H,7-9H2,1-3H3. The van der Waals surface area contributed by atoms with Crippen molar-refractivity contribution in [1.29, 1.82) is 0 Å². The Bertz CT molecular complexity index is 395. The Morgan fingerprint density at radius 1 is 1.50 bits per heavy atom. The molecule has 2 heterocycles. The number of hydrogen-bond donors (Lipinski definition) is 2. The molecule has 2 rings (SSSR count). The summed E-state index contributed by atoms with van der Waals surface area (Å²) < 4.78 is 5.45. The third kappa shape index (κ3) is 3.04. The Morgan fingerprint density at radius 3 is 2.89 bits per heavy atom. The summed E-state index contributed by atoms with van der Waals surface area (Å²) in [6.45, 7) is 7.87. The number of nitrogens with zero attached hydrogens (tertiary/aromatic N) is 1. The third-order valence-electron chi connectivity index (χ3n) is 2.85. The van der Waals surface area contributed by atoms with Gasteiger partial charge in [0, 0.05) is 31.5 Å². The van der Waals surface area contributed by atoms with Gasteiger partial charge < -0.3 is 15.0 Å². The zero-order valence-electron chi connectivity index (χ0n) is 11.2. The van der Waals surface area contributed by atoms with Gasteiger partial charge in [-0.3, -0.25) is 4.90 Å². The first-order chi connectivity index (χ1) is 8.47. The van der Waals surface area contributed by atoms with E-state index in [-0.39, 0.29) is 12.1 Å². The van der Waals surface area contributed by atoms with Crippen LogP contribution in [0.4, 0.5) is 4.79 Å². The van der Waals surface area contributed by atoms with Crippen LogP contribution >= 0.6 is 0 Å². The fourth-order valence-electron chi connectivity index (χ4n) is 2.07. The second kappa shape index (κ2) is 5.02. The zero-order chi connectivity index (χ0) is 13.2. The summed E-state index contributed by atoms with van der Waals surface area (Å²) in [5.74, 6) is 0. The van der Waals surface area contributed by atoms with Gasteiger partial charge >= 0.3 is 6.09 Å². The highest BCUT2D eigenvalue weighted by molar-refractivity contribution is 5.69. The average molecular weight is 251 g/mol. The van der Waals surface area contributed by atoms with Gasteiger partial charge in [0.2, 0.25) is 0 Å². The number of carbonyl (C=O) groups excluding carboxylic acids is 1. The number of carbonyl (C=O) groups is 1. The molecule has 0 spiro atoms. The molecule has 1 aromatic rings. The first-order valence-electron chi connectivity index (χ1n) is 6.31. The molecule has 2 N–H and O–H groups in total. The monoisotopic (exact) mass is 251 g/mol. The Hall–Kier alpha value is -1.49. The summed E-state index contributed by atoms with van der Waals surface area (Å²) in [6.07, 6.45) is 1.63. The highest BCUT2D eigenvalue weighted by atomic mass is 16.6. The molecule has 5 heteroatoms. The highest BCUT2D eigenvalue weighted by Crippen LogP contribution is 2.23. The van der Waals surface area contributed by atoms with Crippen LogP contribution in [-0.2, 0) is 4.74 Å². The first-order valence-corrected chi connectivity index (χ1v) is 6.31. The van der Waals surface area contributed by atoms with Crippen LogP contribution in [0.25, 0.3) is 0 Å². The van der Waals surface area contributed by atoms with E-state index in [1.165, 1.54) is 0 Å². The maximum Gasteiger partial charge on any atom is 0.410 e. The van der Waals surface area contributed by atoms with Crippen LogP contribution in [0.1, 0.15) is 32.5 Å². The van der Waals surface area contributed by atoms with Gasteiger partial charge in [-0.2, -0.15) is 0 Å². The molecular formula is C13H21N3O2. The van der Waals surface area contributed by atoms with Gasteiger partial charge in [-0.25, -0.2) is 4.79 Å². The van der Waals surface area contributed by atoms with Crippen molar-refractivity contribution in [3.63, 3.8) is 0 Å². The predicted octanol–water partition coefficient (Wildman–Crippen LogP) is 1.90. The van der Waals surface area contributed by atoms with Gasteiger partial charge in [0.1, 0.15) is 5.60 Å². The van der Waals surface area contributed by atoms with Gasteiger partial charge in [-0.15, -0.1) is 0 Å². The van der Waals surface area contributed by atoms with E-state index in [0.29, 0.717) is 6.54 Å². The minimum atomic E-state index is -0.456. The largest absolute Gasteiger partial charge is 0.444 e. The molecule has 1 fully saturated rings. The molecule has 0 aromatic carbocycles. The van der Waals surface area contributed by atoms with Gasteiger partial charge in [0.15, 0.2) is 0 Å². The van der Waals surface area contributed by atoms with Crippen molar-refractivity contribution in [1.82, 2.24) is 15.2 Å². The summed E-state index contributed by atoms with van der Waals surface area (Å²) in [7, 11) is 0. The fourth-order valence-corrected chi connectivity index (χ4v) is 2.07. The smallest absolute Gasteiger partial charge is 0.410 e. The molecule has 1 aliphatic rings. The lowest BCUT2D eigenvalue weighted by Crippen LogP contribution is -2.50. The molecule has 0 aliphatic carbocycles. The van der Waals surface area contributed by atoms with Crippen molar-refractivity contribution in [2.75, 3.05) is 19.6 Å². The minimum Gasteiger partial charge on any atom is -0.444 e. The van der Waals surface area contributed by atoms with Crippen molar-refractivity contribution in [2.45, 2.75) is 32.4 Å². The molecule has 5 nitrogen and oxygen atoms in total. The van der Waals surface area contributed by atoms with Crippen molar-refractivity contribution < 1.29 is 9.53 Å². The highest BCUT2D eigenvalue weighted by Gasteiger charge is 2.31. The van der Waals surface area contributed by atoms with Crippen molar-refractivity contribution >= 4 is 6.09 Å². The lowest BCUT2D eigenvalue weighted by molar-refractivity contribution is 0.0114. The van der Waals surface area contributed by atoms with Crippen LogP contribution in [0.3, 0.4) is 0 Å². The number of nitrogens with one attached hydrogen (secondary N) is 2. The van der Waals surface area contributed by atoms with Crippen molar-refractivity contribution in [3.8, 4) is 0 Å². The lowest BCUT2D eigenvalue weighted by Gasteiger charge is -2.36. The van der Waals surface area contributed by atoms with Crippen LogP contribution in [0.5, 0.6) is 0 Å². The van der Waals surface area contributed by atoms with E-state index >= 15 is 0 Å². The van der Waals surface area contributed by atoms with Crippen LogP contribution in [0.15, 0.2) is 18.3 Å². The number of aromatic amines is 1. The number of amides is 1. The fraction of sp³-hybridized carbons (Fsp3) is 0.615. The van der Waals surface area contributed by atoms with Gasteiger partial charge in [-0.05, 0) is 32.9 Å².